The number of hydrogen-bond donors (Lipinski definition) is 1. The summed E-state index contributed by atoms with van der Waals surface area (Å²) in [4.78, 5) is 12.1. The molecule has 0 aromatic heterocycles. The first-order valence-corrected chi connectivity index (χ1v) is 10.2. The molecule has 0 fully saturated rings. The Bertz CT molecular complexity index is 874. The highest BCUT2D eigenvalue weighted by Gasteiger charge is 2.20. The molecule has 0 saturated carbocycles. The number of nitrogens with one attached hydrogen (secondary N) is 1. The highest BCUT2D eigenvalue weighted by atomic mass is 35.5. The van der Waals surface area contributed by atoms with Crippen LogP contribution in [-0.2, 0) is 27.8 Å². The number of amides is 1. The maximum Gasteiger partial charge on any atom is 0.235 e. The Morgan fingerprint density at radius 1 is 1.19 bits per heavy atom. The van der Waals surface area contributed by atoms with E-state index >= 15 is 0 Å². The lowest BCUT2D eigenvalue weighted by molar-refractivity contribution is -0.121. The van der Waals surface area contributed by atoms with Crippen LogP contribution < -0.4 is 5.32 Å². The molecule has 0 saturated heterocycles. The van der Waals surface area contributed by atoms with Crippen molar-refractivity contribution >= 4 is 27.5 Å². The summed E-state index contributed by atoms with van der Waals surface area (Å²) in [6.45, 7) is -0.183. The standard InChI is InChI=1S/C18H20ClFN2O3S/c1-26(24,25)22(10-9-14-5-4-7-16(19)11-14)13-18(23)21-12-15-6-2-3-8-17(15)20/h2-8,11H,9-10,12-13H2,1H3,(H,21,23). The molecule has 0 radical (unpaired) electrons. The predicted molar refractivity (Wildman–Crippen MR) is 99.8 cm³/mol. The number of sulfonamides is 1. The Kier molecular flexibility index (Phi) is 7.14. The third kappa shape index (κ3) is 6.40. The average Bonchev–Trinajstić information content (AvgIpc) is 2.57. The monoisotopic (exact) mass is 398 g/mol. The number of halogens is 2. The van der Waals surface area contributed by atoms with Crippen LogP contribution in [0.1, 0.15) is 11.1 Å². The number of hydrogen-bond acceptors (Lipinski definition) is 3. The largest absolute Gasteiger partial charge is 0.351 e. The van der Waals surface area contributed by atoms with E-state index < -0.39 is 21.7 Å². The molecule has 0 bridgehead atoms. The summed E-state index contributed by atoms with van der Waals surface area (Å²) in [6, 6.07) is 13.2. The van der Waals surface area contributed by atoms with Crippen LogP contribution in [0.5, 0.6) is 0 Å². The smallest absolute Gasteiger partial charge is 0.235 e. The molecule has 140 valence electrons. The van der Waals surface area contributed by atoms with Crippen LogP contribution in [0.25, 0.3) is 0 Å². The minimum Gasteiger partial charge on any atom is -0.351 e. The molecule has 0 aliphatic heterocycles. The lowest BCUT2D eigenvalue weighted by atomic mass is 10.1. The molecule has 0 heterocycles. The molecule has 0 unspecified atom stereocenters. The van der Waals surface area contributed by atoms with E-state index in [0.717, 1.165) is 16.1 Å². The second-order valence-corrected chi connectivity index (χ2v) is 8.26. The second kappa shape index (κ2) is 9.12. The van der Waals surface area contributed by atoms with Crippen LogP contribution in [0, 0.1) is 5.82 Å². The summed E-state index contributed by atoms with van der Waals surface area (Å²) >= 11 is 5.92. The van der Waals surface area contributed by atoms with Gasteiger partial charge in [0.1, 0.15) is 5.82 Å². The normalized spacial score (nSPS) is 11.5. The SMILES string of the molecule is CS(=O)(=O)N(CCc1cccc(Cl)c1)CC(=O)NCc1ccccc1F. The van der Waals surface area contributed by atoms with Crippen molar-refractivity contribution in [1.29, 1.82) is 0 Å². The molecule has 2 aromatic rings. The highest BCUT2D eigenvalue weighted by Crippen LogP contribution is 2.12. The maximum absolute atomic E-state index is 13.6. The molecule has 0 aliphatic rings. The van der Waals surface area contributed by atoms with Crippen molar-refractivity contribution in [3.63, 3.8) is 0 Å². The quantitative estimate of drug-likeness (QED) is 0.743. The van der Waals surface area contributed by atoms with Gasteiger partial charge in [-0.1, -0.05) is 41.9 Å². The van der Waals surface area contributed by atoms with Crippen molar-refractivity contribution in [1.82, 2.24) is 9.62 Å². The highest BCUT2D eigenvalue weighted by molar-refractivity contribution is 7.88. The number of nitrogens with zero attached hydrogens (tertiary/aromatic N) is 1. The molecule has 2 rings (SSSR count). The van der Waals surface area contributed by atoms with E-state index in [4.69, 9.17) is 11.6 Å². The fourth-order valence-corrected chi connectivity index (χ4v) is 3.35. The summed E-state index contributed by atoms with van der Waals surface area (Å²) in [5.41, 5.74) is 1.21. The predicted octanol–water partition coefficient (Wildman–Crippen LogP) is 2.60. The van der Waals surface area contributed by atoms with Gasteiger partial charge >= 0.3 is 0 Å². The third-order valence-electron chi connectivity index (χ3n) is 3.76. The number of benzene rings is 2. The van der Waals surface area contributed by atoms with E-state index in [9.17, 15) is 17.6 Å². The van der Waals surface area contributed by atoms with Crippen molar-refractivity contribution in [2.75, 3.05) is 19.3 Å². The zero-order valence-corrected chi connectivity index (χ0v) is 15.9. The van der Waals surface area contributed by atoms with Gasteiger partial charge in [0.15, 0.2) is 0 Å². The maximum atomic E-state index is 13.6. The minimum absolute atomic E-state index is 0.00258. The first-order chi connectivity index (χ1) is 12.3. The molecule has 1 amide bonds. The first-order valence-electron chi connectivity index (χ1n) is 7.95. The number of carbonyl (C=O) groups is 1. The molecule has 0 spiro atoms. The van der Waals surface area contributed by atoms with Crippen molar-refractivity contribution in [2.45, 2.75) is 13.0 Å². The lowest BCUT2D eigenvalue weighted by Gasteiger charge is -2.19. The van der Waals surface area contributed by atoms with Gasteiger partial charge in [0, 0.05) is 23.7 Å². The van der Waals surface area contributed by atoms with Crippen LogP contribution in [0.2, 0.25) is 5.02 Å². The van der Waals surface area contributed by atoms with E-state index in [1.165, 1.54) is 6.07 Å². The Morgan fingerprint density at radius 2 is 1.92 bits per heavy atom. The molecule has 1 N–H and O–H groups in total. The van der Waals surface area contributed by atoms with Gasteiger partial charge in [-0.3, -0.25) is 4.79 Å². The van der Waals surface area contributed by atoms with Crippen LogP contribution in [0.3, 0.4) is 0 Å². The van der Waals surface area contributed by atoms with Crippen LogP contribution in [-0.4, -0.2) is 38.0 Å². The minimum atomic E-state index is -3.57. The van der Waals surface area contributed by atoms with E-state index in [0.29, 0.717) is 17.0 Å². The van der Waals surface area contributed by atoms with Crippen molar-refractivity contribution < 1.29 is 17.6 Å². The van der Waals surface area contributed by atoms with Crippen LogP contribution in [0.4, 0.5) is 4.39 Å². The molecule has 0 aliphatic carbocycles. The first kappa shape index (κ1) is 20.4. The summed E-state index contributed by atoms with van der Waals surface area (Å²) < 4.78 is 38.5. The lowest BCUT2D eigenvalue weighted by Crippen LogP contribution is -2.41. The average molecular weight is 399 g/mol. The second-order valence-electron chi connectivity index (χ2n) is 5.84. The fourth-order valence-electron chi connectivity index (χ4n) is 2.36. The van der Waals surface area contributed by atoms with Gasteiger partial charge in [-0.2, -0.15) is 4.31 Å². The molecule has 0 atom stereocenters. The Morgan fingerprint density at radius 3 is 2.58 bits per heavy atom. The molecular formula is C18H20ClFN2O3S. The molecule has 5 nitrogen and oxygen atoms in total. The summed E-state index contributed by atoms with van der Waals surface area (Å²) in [7, 11) is -3.57. The molecule has 26 heavy (non-hydrogen) atoms. The van der Waals surface area contributed by atoms with E-state index in [-0.39, 0.29) is 19.6 Å². The van der Waals surface area contributed by atoms with Crippen molar-refractivity contribution in [2.24, 2.45) is 0 Å². The number of carbonyl (C=O) groups excluding carboxylic acids is 1. The zero-order valence-electron chi connectivity index (χ0n) is 14.3. The zero-order chi connectivity index (χ0) is 19.2. The third-order valence-corrected chi connectivity index (χ3v) is 5.25. The van der Waals surface area contributed by atoms with E-state index in [1.54, 1.807) is 36.4 Å². The molecular weight excluding hydrogens is 379 g/mol. The Balaban J connectivity index is 1.94. The van der Waals surface area contributed by atoms with E-state index in [2.05, 4.69) is 5.32 Å². The Labute approximate surface area is 157 Å². The van der Waals surface area contributed by atoms with Gasteiger partial charge in [-0.25, -0.2) is 12.8 Å². The van der Waals surface area contributed by atoms with Gasteiger partial charge in [-0.15, -0.1) is 0 Å². The van der Waals surface area contributed by atoms with Gasteiger partial charge < -0.3 is 5.32 Å². The summed E-state index contributed by atoms with van der Waals surface area (Å²) in [6.07, 6.45) is 1.48. The van der Waals surface area contributed by atoms with Crippen molar-refractivity contribution in [3.8, 4) is 0 Å². The van der Waals surface area contributed by atoms with Gasteiger partial charge in [0.25, 0.3) is 0 Å². The van der Waals surface area contributed by atoms with E-state index in [1.807, 2.05) is 6.07 Å². The topological polar surface area (TPSA) is 66.5 Å². The molecule has 2 aromatic carbocycles. The molecule has 8 heteroatoms. The van der Waals surface area contributed by atoms with Crippen LogP contribution in [0.15, 0.2) is 48.5 Å². The van der Waals surface area contributed by atoms with Crippen LogP contribution >= 0.6 is 11.6 Å². The van der Waals surface area contributed by atoms with Gasteiger partial charge in [-0.05, 0) is 30.2 Å². The number of rotatable bonds is 8. The Hall–Kier alpha value is -1.96. The van der Waals surface area contributed by atoms with Crippen molar-refractivity contribution in [3.05, 3.63) is 70.5 Å². The summed E-state index contributed by atoms with van der Waals surface area (Å²) in [5.74, 6) is -0.918. The van der Waals surface area contributed by atoms with Gasteiger partial charge in [0.05, 0.1) is 12.8 Å². The van der Waals surface area contributed by atoms with Gasteiger partial charge in [0.2, 0.25) is 15.9 Å². The fraction of sp³-hybridized carbons (Fsp3) is 0.278. The summed E-state index contributed by atoms with van der Waals surface area (Å²) in [5, 5.41) is 3.11.